The summed E-state index contributed by atoms with van der Waals surface area (Å²) in [7, 11) is 1.53. The highest BCUT2D eigenvalue weighted by atomic mass is 32.1. The fraction of sp³-hybridized carbons (Fsp3) is 0.444. The second-order valence-corrected chi connectivity index (χ2v) is 7.82. The normalized spacial score (nSPS) is 12.7. The van der Waals surface area contributed by atoms with Crippen molar-refractivity contribution in [2.45, 2.75) is 44.8 Å². The Kier molecular flexibility index (Phi) is 7.82. The van der Waals surface area contributed by atoms with Gasteiger partial charge in [-0.25, -0.2) is 0 Å². The molecule has 3 N–H and O–H groups in total. The van der Waals surface area contributed by atoms with Crippen molar-refractivity contribution >= 4 is 17.2 Å². The van der Waals surface area contributed by atoms with Gasteiger partial charge in [0, 0.05) is 32.8 Å². The molecular weight excluding hydrogens is 449 g/mol. The van der Waals surface area contributed by atoms with E-state index in [-0.39, 0.29) is 23.8 Å². The summed E-state index contributed by atoms with van der Waals surface area (Å²) in [5.41, 5.74) is -0.415. The molecule has 0 aromatic carbocycles. The molecule has 1 amide bonds. The molecule has 0 bridgehead atoms. The van der Waals surface area contributed by atoms with E-state index >= 15 is 0 Å². The molecule has 14 heteroatoms. The third kappa shape index (κ3) is 6.51. The molecular formula is C18H21F3N8O2S. The van der Waals surface area contributed by atoms with Crippen LogP contribution in [0.4, 0.5) is 13.2 Å². The van der Waals surface area contributed by atoms with E-state index < -0.39 is 18.0 Å². The van der Waals surface area contributed by atoms with E-state index in [1.54, 1.807) is 10.9 Å². The Balaban J connectivity index is 1.43. The molecule has 0 saturated heterocycles. The van der Waals surface area contributed by atoms with Crippen molar-refractivity contribution < 1.29 is 23.1 Å². The molecule has 172 valence electrons. The number of carbonyl (C=O) groups is 1. The summed E-state index contributed by atoms with van der Waals surface area (Å²) in [6.07, 6.45) is -0.805. The first kappa shape index (κ1) is 23.7. The number of aryl methyl sites for hydroxylation is 2. The van der Waals surface area contributed by atoms with Gasteiger partial charge in [-0.05, 0) is 25.0 Å². The van der Waals surface area contributed by atoms with Gasteiger partial charge in [0.2, 0.25) is 5.01 Å². The maximum absolute atomic E-state index is 12.8. The quantitative estimate of drug-likeness (QED) is 0.302. The van der Waals surface area contributed by atoms with Gasteiger partial charge in [-0.2, -0.15) is 13.2 Å². The molecule has 0 radical (unpaired) electrons. The van der Waals surface area contributed by atoms with Gasteiger partial charge in [0.15, 0.2) is 6.23 Å². The maximum Gasteiger partial charge on any atom is 0.416 e. The van der Waals surface area contributed by atoms with Crippen molar-refractivity contribution in [2.75, 3.05) is 7.05 Å². The number of hydrogen-bond acceptors (Lipinski definition) is 9. The zero-order valence-corrected chi connectivity index (χ0v) is 17.8. The zero-order chi connectivity index (χ0) is 23.1. The molecule has 1 unspecified atom stereocenters. The van der Waals surface area contributed by atoms with Crippen LogP contribution in [-0.2, 0) is 25.7 Å². The monoisotopic (exact) mass is 470 g/mol. The zero-order valence-electron chi connectivity index (χ0n) is 17.0. The number of aliphatic hydroxyl groups is 1. The van der Waals surface area contributed by atoms with Crippen LogP contribution in [0.5, 0.6) is 0 Å². The number of carbonyl (C=O) groups excluding carboxylic acids is 1. The maximum atomic E-state index is 12.8. The summed E-state index contributed by atoms with van der Waals surface area (Å²) < 4.78 is 39.9. The largest absolute Gasteiger partial charge is 0.416 e. The van der Waals surface area contributed by atoms with Crippen LogP contribution in [-0.4, -0.2) is 48.2 Å². The Morgan fingerprint density at radius 1 is 1.28 bits per heavy atom. The van der Waals surface area contributed by atoms with Crippen molar-refractivity contribution in [1.29, 1.82) is 0 Å². The van der Waals surface area contributed by atoms with Crippen LogP contribution in [0.25, 0.3) is 0 Å². The summed E-state index contributed by atoms with van der Waals surface area (Å²) >= 11 is 1.25. The first-order chi connectivity index (χ1) is 15.3. The lowest BCUT2D eigenvalue weighted by Gasteiger charge is -2.11. The molecule has 3 heterocycles. The standard InChI is InChI=1S/C18H21F3N8O2S/c1-22-16(31)17-27-26-14(32-17)4-2-3-7-29-10-13(25-28-29)15(30)24-9-12-8-11(5-6-23-12)18(19,20)21/h5-6,8,10,15,24,30H,2-4,7,9H2,1H3,(H,22,31). The topological polar surface area (TPSA) is 131 Å². The predicted molar refractivity (Wildman–Crippen MR) is 107 cm³/mol. The molecule has 32 heavy (non-hydrogen) atoms. The minimum atomic E-state index is -4.46. The van der Waals surface area contributed by atoms with Crippen molar-refractivity contribution in [3.63, 3.8) is 0 Å². The summed E-state index contributed by atoms with van der Waals surface area (Å²) in [5, 5.41) is 32.1. The lowest BCUT2D eigenvalue weighted by Crippen LogP contribution is -2.21. The number of pyridine rings is 1. The number of halogens is 3. The summed E-state index contributed by atoms with van der Waals surface area (Å²) in [5.74, 6) is -0.264. The summed E-state index contributed by atoms with van der Waals surface area (Å²) in [4.78, 5) is 15.4. The van der Waals surface area contributed by atoms with Crippen molar-refractivity contribution in [3.8, 4) is 0 Å². The highest BCUT2D eigenvalue weighted by molar-refractivity contribution is 7.13. The first-order valence-electron chi connectivity index (χ1n) is 9.64. The second-order valence-electron chi connectivity index (χ2n) is 6.76. The lowest BCUT2D eigenvalue weighted by molar-refractivity contribution is -0.137. The van der Waals surface area contributed by atoms with Crippen LogP contribution in [0.3, 0.4) is 0 Å². The Morgan fingerprint density at radius 3 is 2.84 bits per heavy atom. The fourth-order valence-electron chi connectivity index (χ4n) is 2.71. The third-order valence-corrected chi connectivity index (χ3v) is 5.35. The molecule has 0 aliphatic carbocycles. The van der Waals surface area contributed by atoms with Gasteiger partial charge in [-0.15, -0.1) is 15.3 Å². The molecule has 10 nitrogen and oxygen atoms in total. The molecule has 0 spiro atoms. The minimum Gasteiger partial charge on any atom is -0.373 e. The highest BCUT2D eigenvalue weighted by Gasteiger charge is 2.30. The van der Waals surface area contributed by atoms with Crippen LogP contribution in [0.1, 0.15) is 50.8 Å². The van der Waals surface area contributed by atoms with E-state index in [0.717, 1.165) is 36.2 Å². The molecule has 0 fully saturated rings. The first-order valence-corrected chi connectivity index (χ1v) is 10.5. The Bertz CT molecular complexity index is 1040. The average Bonchev–Trinajstić information content (AvgIpc) is 3.44. The molecule has 3 rings (SSSR count). The Labute approximate surface area is 184 Å². The average molecular weight is 470 g/mol. The van der Waals surface area contributed by atoms with Gasteiger partial charge in [-0.3, -0.25) is 19.8 Å². The van der Waals surface area contributed by atoms with Gasteiger partial charge in [-0.1, -0.05) is 16.6 Å². The van der Waals surface area contributed by atoms with E-state index in [1.165, 1.54) is 18.4 Å². The van der Waals surface area contributed by atoms with Crippen molar-refractivity contribution in [2.24, 2.45) is 0 Å². The molecule has 3 aromatic rings. The Morgan fingerprint density at radius 2 is 2.09 bits per heavy atom. The van der Waals surface area contributed by atoms with Crippen molar-refractivity contribution in [3.05, 3.63) is 51.5 Å². The lowest BCUT2D eigenvalue weighted by atomic mass is 10.2. The summed E-state index contributed by atoms with van der Waals surface area (Å²) in [6.45, 7) is 0.480. The number of nitrogens with zero attached hydrogens (tertiary/aromatic N) is 6. The van der Waals surface area contributed by atoms with Gasteiger partial charge >= 0.3 is 6.18 Å². The summed E-state index contributed by atoms with van der Waals surface area (Å²) in [6, 6.07) is 1.81. The molecule has 0 aliphatic heterocycles. The van der Waals surface area contributed by atoms with E-state index in [1.807, 2.05) is 0 Å². The SMILES string of the molecule is CNC(=O)c1nnc(CCCCn2cc(C(O)NCc3cc(C(F)(F)F)ccn3)nn2)s1. The van der Waals surface area contributed by atoms with Crippen LogP contribution < -0.4 is 10.6 Å². The van der Waals surface area contributed by atoms with Crippen molar-refractivity contribution in [1.82, 2.24) is 40.8 Å². The van der Waals surface area contributed by atoms with Gasteiger partial charge < -0.3 is 10.4 Å². The number of aliphatic hydroxyl groups excluding tert-OH is 1. The van der Waals surface area contributed by atoms with E-state index in [0.29, 0.717) is 18.0 Å². The number of nitrogens with one attached hydrogen (secondary N) is 2. The second kappa shape index (κ2) is 10.6. The van der Waals surface area contributed by atoms with Crippen LogP contribution in [0, 0.1) is 0 Å². The number of rotatable bonds is 10. The Hall–Kier alpha value is -2.97. The van der Waals surface area contributed by atoms with E-state index in [9.17, 15) is 23.1 Å². The van der Waals surface area contributed by atoms with Gasteiger partial charge in [0.05, 0.1) is 17.5 Å². The van der Waals surface area contributed by atoms with Gasteiger partial charge in [0.25, 0.3) is 5.91 Å². The van der Waals surface area contributed by atoms with Crippen LogP contribution in [0.15, 0.2) is 24.5 Å². The number of alkyl halides is 3. The van der Waals surface area contributed by atoms with Gasteiger partial charge in [0.1, 0.15) is 10.7 Å². The van der Waals surface area contributed by atoms with E-state index in [4.69, 9.17) is 0 Å². The van der Waals surface area contributed by atoms with E-state index in [2.05, 4.69) is 36.1 Å². The molecule has 3 aromatic heterocycles. The molecule has 1 atom stereocenters. The third-order valence-electron chi connectivity index (χ3n) is 4.37. The number of aromatic nitrogens is 6. The fourth-order valence-corrected chi connectivity index (χ4v) is 3.54. The van der Waals surface area contributed by atoms with Crippen LogP contribution in [0.2, 0.25) is 0 Å². The predicted octanol–water partition coefficient (Wildman–Crippen LogP) is 1.71. The molecule has 0 aliphatic rings. The molecule has 0 saturated carbocycles. The minimum absolute atomic E-state index is 0.0716. The van der Waals surface area contributed by atoms with Crippen LogP contribution >= 0.6 is 11.3 Å². The number of unbranched alkanes of at least 4 members (excludes halogenated alkanes) is 1. The smallest absolute Gasteiger partial charge is 0.373 e. The number of hydrogen-bond donors (Lipinski definition) is 3. The highest BCUT2D eigenvalue weighted by Crippen LogP contribution is 2.29. The number of amides is 1.